The summed E-state index contributed by atoms with van der Waals surface area (Å²) in [7, 11) is 1.75. The number of para-hydroxylation sites is 1. The van der Waals surface area contributed by atoms with E-state index in [9.17, 15) is 14.7 Å². The summed E-state index contributed by atoms with van der Waals surface area (Å²) in [6.07, 6.45) is 3.60. The van der Waals surface area contributed by atoms with Crippen molar-refractivity contribution in [2.75, 3.05) is 11.4 Å². The van der Waals surface area contributed by atoms with Gasteiger partial charge in [-0.3, -0.25) is 14.3 Å². The number of carboxylic acid groups (broad SMARTS) is 1. The molecule has 1 aliphatic rings. The maximum absolute atomic E-state index is 12.6. The van der Waals surface area contributed by atoms with E-state index < -0.39 is 11.9 Å². The molecule has 0 saturated carbocycles. The molecule has 2 heterocycles. The average molecular weight is 285 g/mol. The van der Waals surface area contributed by atoms with E-state index in [0.29, 0.717) is 29.8 Å². The molecule has 0 saturated heterocycles. The average Bonchev–Trinajstić information content (AvgIpc) is 2.91. The number of fused-ring (bicyclic) bond motifs is 1. The van der Waals surface area contributed by atoms with Gasteiger partial charge < -0.3 is 10.0 Å². The van der Waals surface area contributed by atoms with Gasteiger partial charge in [0.2, 0.25) is 0 Å². The first-order valence-electron chi connectivity index (χ1n) is 6.70. The third-order valence-electron chi connectivity index (χ3n) is 3.74. The van der Waals surface area contributed by atoms with Crippen molar-refractivity contribution in [2.45, 2.75) is 12.3 Å². The molecule has 0 spiro atoms. The van der Waals surface area contributed by atoms with E-state index in [0.717, 1.165) is 0 Å². The number of carbonyl (C=O) groups excluding carboxylic acids is 1. The third-order valence-corrected chi connectivity index (χ3v) is 3.74. The lowest BCUT2D eigenvalue weighted by Gasteiger charge is -2.32. The van der Waals surface area contributed by atoms with Gasteiger partial charge in [0, 0.05) is 25.5 Å². The number of benzene rings is 1. The third kappa shape index (κ3) is 2.29. The lowest BCUT2D eigenvalue weighted by molar-refractivity contribution is -0.139. The van der Waals surface area contributed by atoms with Crippen LogP contribution in [0.15, 0.2) is 36.7 Å². The number of nitrogens with zero attached hydrogens (tertiary/aromatic N) is 3. The van der Waals surface area contributed by atoms with E-state index in [1.807, 2.05) is 6.07 Å². The Labute approximate surface area is 121 Å². The number of aliphatic carboxylic acids is 1. The zero-order valence-electron chi connectivity index (χ0n) is 11.6. The molecule has 0 fully saturated rings. The minimum atomic E-state index is -0.851. The molecule has 21 heavy (non-hydrogen) atoms. The van der Waals surface area contributed by atoms with Crippen LogP contribution in [0, 0.1) is 0 Å². The number of carbonyl (C=O) groups is 2. The molecule has 1 aromatic carbocycles. The molecule has 1 N–H and O–H groups in total. The molecule has 6 nitrogen and oxygen atoms in total. The van der Waals surface area contributed by atoms with Crippen LogP contribution in [0.4, 0.5) is 5.69 Å². The Morgan fingerprint density at radius 1 is 1.33 bits per heavy atom. The predicted molar refractivity (Wildman–Crippen MR) is 76.3 cm³/mol. The molecular weight excluding hydrogens is 270 g/mol. The van der Waals surface area contributed by atoms with Gasteiger partial charge in [-0.1, -0.05) is 18.2 Å². The van der Waals surface area contributed by atoms with Gasteiger partial charge in [0.1, 0.15) is 0 Å². The van der Waals surface area contributed by atoms with Crippen molar-refractivity contribution >= 4 is 17.6 Å². The molecule has 1 unspecified atom stereocenters. The van der Waals surface area contributed by atoms with Gasteiger partial charge in [0.15, 0.2) is 0 Å². The van der Waals surface area contributed by atoms with Crippen molar-refractivity contribution in [1.29, 1.82) is 0 Å². The fourth-order valence-electron chi connectivity index (χ4n) is 2.72. The second-order valence-electron chi connectivity index (χ2n) is 5.10. The van der Waals surface area contributed by atoms with Gasteiger partial charge in [-0.2, -0.15) is 5.10 Å². The fraction of sp³-hybridized carbons (Fsp3) is 0.267. The number of aromatic nitrogens is 2. The first-order valence-corrected chi connectivity index (χ1v) is 6.70. The Morgan fingerprint density at radius 3 is 2.76 bits per heavy atom. The lowest BCUT2D eigenvalue weighted by Crippen LogP contribution is -2.38. The summed E-state index contributed by atoms with van der Waals surface area (Å²) in [5.74, 6) is -1.56. The van der Waals surface area contributed by atoms with E-state index in [1.165, 1.54) is 6.20 Å². The van der Waals surface area contributed by atoms with E-state index in [2.05, 4.69) is 5.10 Å². The quantitative estimate of drug-likeness (QED) is 0.910. The summed E-state index contributed by atoms with van der Waals surface area (Å²) in [6.45, 7) is 0.391. The molecule has 108 valence electrons. The molecule has 0 radical (unpaired) electrons. The molecule has 1 aliphatic heterocycles. The van der Waals surface area contributed by atoms with Crippen LogP contribution in [0.25, 0.3) is 0 Å². The smallest absolute Gasteiger partial charge is 0.311 e. The predicted octanol–water partition coefficient (Wildman–Crippen LogP) is 1.64. The number of hydrogen-bond acceptors (Lipinski definition) is 3. The zero-order chi connectivity index (χ0) is 15.0. The highest BCUT2D eigenvalue weighted by Crippen LogP contribution is 2.35. The van der Waals surface area contributed by atoms with Crippen molar-refractivity contribution < 1.29 is 14.7 Å². The first-order chi connectivity index (χ1) is 10.1. The highest BCUT2D eigenvalue weighted by atomic mass is 16.4. The zero-order valence-corrected chi connectivity index (χ0v) is 11.6. The molecule has 1 aromatic heterocycles. The molecular formula is C15H15N3O3. The highest BCUT2D eigenvalue weighted by Gasteiger charge is 2.32. The summed E-state index contributed by atoms with van der Waals surface area (Å²) in [4.78, 5) is 25.6. The first kappa shape index (κ1) is 13.4. The summed E-state index contributed by atoms with van der Waals surface area (Å²) in [5.41, 5.74) is 1.86. The molecule has 3 rings (SSSR count). The maximum Gasteiger partial charge on any atom is 0.311 e. The van der Waals surface area contributed by atoms with Gasteiger partial charge >= 0.3 is 5.97 Å². The molecule has 2 aromatic rings. The SMILES string of the molecule is Cn1cc(C(=O)N2CCC(C(=O)O)c3ccccc32)cn1. The number of aryl methyl sites for hydroxylation is 1. The van der Waals surface area contributed by atoms with Crippen LogP contribution in [-0.4, -0.2) is 33.3 Å². The van der Waals surface area contributed by atoms with Crippen LogP contribution in [-0.2, 0) is 11.8 Å². The molecule has 1 amide bonds. The Bertz CT molecular complexity index is 708. The number of amides is 1. The summed E-state index contributed by atoms with van der Waals surface area (Å²) >= 11 is 0. The fourth-order valence-corrected chi connectivity index (χ4v) is 2.72. The minimum absolute atomic E-state index is 0.153. The van der Waals surface area contributed by atoms with Crippen molar-refractivity contribution in [3.63, 3.8) is 0 Å². The number of anilines is 1. The van der Waals surface area contributed by atoms with Crippen LogP contribution in [0.3, 0.4) is 0 Å². The largest absolute Gasteiger partial charge is 0.481 e. The Balaban J connectivity index is 2.00. The van der Waals surface area contributed by atoms with Crippen molar-refractivity contribution in [3.05, 3.63) is 47.8 Å². The van der Waals surface area contributed by atoms with Gasteiger partial charge in [-0.25, -0.2) is 0 Å². The number of carboxylic acids is 1. The van der Waals surface area contributed by atoms with Crippen LogP contribution in [0.5, 0.6) is 0 Å². The normalized spacial score (nSPS) is 17.4. The molecule has 0 bridgehead atoms. The minimum Gasteiger partial charge on any atom is -0.481 e. The number of rotatable bonds is 2. The standard InChI is InChI=1S/C15H15N3O3/c1-17-9-10(8-16-17)14(19)18-7-6-12(15(20)21)11-4-2-3-5-13(11)18/h2-5,8-9,12H,6-7H2,1H3,(H,20,21). The van der Waals surface area contributed by atoms with Gasteiger partial charge in [-0.05, 0) is 18.1 Å². The Kier molecular flexibility index (Phi) is 3.21. The van der Waals surface area contributed by atoms with Gasteiger partial charge in [-0.15, -0.1) is 0 Å². The Hall–Kier alpha value is -2.63. The summed E-state index contributed by atoms with van der Waals surface area (Å²) in [5, 5.41) is 13.3. The summed E-state index contributed by atoms with van der Waals surface area (Å²) < 4.78 is 1.57. The van der Waals surface area contributed by atoms with Crippen molar-refractivity contribution in [2.24, 2.45) is 7.05 Å². The molecule has 1 atom stereocenters. The van der Waals surface area contributed by atoms with Crippen LogP contribution in [0.1, 0.15) is 28.3 Å². The van der Waals surface area contributed by atoms with Crippen LogP contribution < -0.4 is 4.90 Å². The molecule has 0 aliphatic carbocycles. The van der Waals surface area contributed by atoms with E-state index in [4.69, 9.17) is 0 Å². The lowest BCUT2D eigenvalue weighted by atomic mass is 9.90. The highest BCUT2D eigenvalue weighted by molar-refractivity contribution is 6.07. The Morgan fingerprint density at radius 2 is 2.10 bits per heavy atom. The van der Waals surface area contributed by atoms with Crippen molar-refractivity contribution in [3.8, 4) is 0 Å². The van der Waals surface area contributed by atoms with Gasteiger partial charge in [0.05, 0.1) is 17.7 Å². The van der Waals surface area contributed by atoms with Crippen LogP contribution >= 0.6 is 0 Å². The number of hydrogen-bond donors (Lipinski definition) is 1. The summed E-state index contributed by atoms with van der Waals surface area (Å²) in [6, 6.07) is 7.18. The van der Waals surface area contributed by atoms with Gasteiger partial charge in [0.25, 0.3) is 5.91 Å². The molecule has 6 heteroatoms. The second kappa shape index (κ2) is 5.05. The van der Waals surface area contributed by atoms with E-state index in [1.54, 1.807) is 41.0 Å². The monoisotopic (exact) mass is 285 g/mol. The van der Waals surface area contributed by atoms with E-state index in [-0.39, 0.29) is 5.91 Å². The van der Waals surface area contributed by atoms with Crippen molar-refractivity contribution in [1.82, 2.24) is 9.78 Å². The topological polar surface area (TPSA) is 75.4 Å². The second-order valence-corrected chi connectivity index (χ2v) is 5.10. The van der Waals surface area contributed by atoms with E-state index >= 15 is 0 Å². The maximum atomic E-state index is 12.6. The van der Waals surface area contributed by atoms with Crippen LogP contribution in [0.2, 0.25) is 0 Å².